The molecule has 0 bridgehead atoms. The van der Waals surface area contributed by atoms with E-state index in [0.29, 0.717) is 18.9 Å². The molecule has 5 heteroatoms. The molecule has 18 heavy (non-hydrogen) atoms. The van der Waals surface area contributed by atoms with Crippen molar-refractivity contribution in [2.24, 2.45) is 7.05 Å². The second-order valence-electron chi connectivity index (χ2n) is 5.27. The average Bonchev–Trinajstić information content (AvgIpc) is 2.70. The number of hydrogen-bond acceptors (Lipinski definition) is 4. The van der Waals surface area contributed by atoms with Crippen LogP contribution in [0.25, 0.3) is 0 Å². The zero-order valence-corrected chi connectivity index (χ0v) is 11.5. The maximum atomic E-state index is 12.1. The highest BCUT2D eigenvalue weighted by molar-refractivity contribution is 5.80. The van der Waals surface area contributed by atoms with Gasteiger partial charge in [-0.25, -0.2) is 4.98 Å². The van der Waals surface area contributed by atoms with Gasteiger partial charge in [0.15, 0.2) is 0 Å². The van der Waals surface area contributed by atoms with Gasteiger partial charge in [0.1, 0.15) is 11.6 Å². The third-order valence-electron chi connectivity index (χ3n) is 3.72. The van der Waals surface area contributed by atoms with Crippen molar-refractivity contribution in [2.75, 3.05) is 33.7 Å². The quantitative estimate of drug-likeness (QED) is 0.764. The summed E-state index contributed by atoms with van der Waals surface area (Å²) < 4.78 is 1.91. The Kier molecular flexibility index (Phi) is 4.14. The molecule has 1 atom stereocenters. The summed E-state index contributed by atoms with van der Waals surface area (Å²) in [4.78, 5) is 20.9. The first-order chi connectivity index (χ1) is 8.56. The van der Waals surface area contributed by atoms with Crippen molar-refractivity contribution < 1.29 is 4.79 Å². The van der Waals surface area contributed by atoms with Crippen LogP contribution in [-0.4, -0.2) is 64.9 Å². The van der Waals surface area contributed by atoms with E-state index in [1.165, 1.54) is 0 Å². The molecule has 1 aromatic rings. The molecule has 0 spiro atoms. The lowest BCUT2D eigenvalue weighted by molar-refractivity contribution is -0.120. The second-order valence-corrected chi connectivity index (χ2v) is 5.27. The molecular weight excluding hydrogens is 228 g/mol. The molecule has 1 unspecified atom stereocenters. The first kappa shape index (κ1) is 13.2. The molecule has 0 radical (unpaired) electrons. The van der Waals surface area contributed by atoms with Gasteiger partial charge in [-0.1, -0.05) is 0 Å². The topological polar surface area (TPSA) is 41.4 Å². The Morgan fingerprint density at radius 3 is 2.83 bits per heavy atom. The Labute approximate surface area is 108 Å². The van der Waals surface area contributed by atoms with Gasteiger partial charge in [-0.3, -0.25) is 4.79 Å². The molecule has 0 N–H and O–H groups in total. The molecule has 1 aromatic heterocycles. The van der Waals surface area contributed by atoms with Crippen molar-refractivity contribution >= 4 is 5.78 Å². The van der Waals surface area contributed by atoms with E-state index in [2.05, 4.69) is 28.9 Å². The molecule has 1 aliphatic rings. The van der Waals surface area contributed by atoms with E-state index in [-0.39, 0.29) is 5.78 Å². The predicted octanol–water partition coefficient (Wildman–Crippen LogP) is 0.168. The van der Waals surface area contributed by atoms with Crippen LogP contribution in [0.2, 0.25) is 0 Å². The van der Waals surface area contributed by atoms with Gasteiger partial charge in [-0.2, -0.15) is 0 Å². The number of aromatic nitrogens is 2. The maximum Gasteiger partial charge on any atom is 0.142 e. The molecule has 5 nitrogen and oxygen atoms in total. The number of likely N-dealkylation sites (N-methyl/N-ethyl adjacent to an activating group) is 2. The summed E-state index contributed by atoms with van der Waals surface area (Å²) in [6.45, 7) is 3.10. The Bertz CT molecular complexity index is 415. The van der Waals surface area contributed by atoms with Crippen LogP contribution < -0.4 is 0 Å². The van der Waals surface area contributed by atoms with Crippen molar-refractivity contribution in [3.63, 3.8) is 0 Å². The fraction of sp³-hybridized carbons (Fsp3) is 0.692. The van der Waals surface area contributed by atoms with Crippen molar-refractivity contribution in [3.8, 4) is 0 Å². The molecule has 0 saturated carbocycles. The van der Waals surface area contributed by atoms with Crippen LogP contribution in [0.1, 0.15) is 12.2 Å². The molecule has 1 aliphatic heterocycles. The monoisotopic (exact) mass is 250 g/mol. The van der Waals surface area contributed by atoms with Crippen molar-refractivity contribution in [1.29, 1.82) is 0 Å². The number of piperazine rings is 1. The number of imidazole rings is 1. The van der Waals surface area contributed by atoms with Gasteiger partial charge in [0.2, 0.25) is 0 Å². The summed E-state index contributed by atoms with van der Waals surface area (Å²) in [6.07, 6.45) is 4.68. The molecular formula is C13H22N4O. The van der Waals surface area contributed by atoms with Crippen LogP contribution in [-0.2, 0) is 18.3 Å². The minimum atomic E-state index is 0.274. The minimum Gasteiger partial charge on any atom is -0.338 e. The zero-order valence-electron chi connectivity index (χ0n) is 11.5. The van der Waals surface area contributed by atoms with Crippen LogP contribution in [0.3, 0.4) is 0 Å². The van der Waals surface area contributed by atoms with Gasteiger partial charge in [-0.15, -0.1) is 0 Å². The number of Topliss-reactive ketones (excluding diaryl/α,β-unsaturated/α-hetero) is 1. The number of ketones is 1. The van der Waals surface area contributed by atoms with Gasteiger partial charge in [0, 0.05) is 51.5 Å². The zero-order chi connectivity index (χ0) is 13.1. The van der Waals surface area contributed by atoms with Gasteiger partial charge in [-0.05, 0) is 14.1 Å². The lowest BCUT2D eigenvalue weighted by Crippen LogP contribution is -2.50. The van der Waals surface area contributed by atoms with E-state index in [9.17, 15) is 4.79 Å². The third-order valence-corrected chi connectivity index (χ3v) is 3.72. The lowest BCUT2D eigenvalue weighted by atomic mass is 10.0. The van der Waals surface area contributed by atoms with Crippen LogP contribution >= 0.6 is 0 Å². The van der Waals surface area contributed by atoms with Crippen molar-refractivity contribution in [2.45, 2.75) is 18.9 Å². The van der Waals surface area contributed by atoms with Crippen LogP contribution in [0.5, 0.6) is 0 Å². The summed E-state index contributed by atoms with van der Waals surface area (Å²) in [5, 5.41) is 0. The SMILES string of the molecule is CN1CCN(C)C(CC(=O)Cc2nccn2C)C1. The van der Waals surface area contributed by atoms with E-state index in [4.69, 9.17) is 0 Å². The number of rotatable bonds is 4. The van der Waals surface area contributed by atoms with Crippen molar-refractivity contribution in [1.82, 2.24) is 19.4 Å². The van der Waals surface area contributed by atoms with Crippen LogP contribution in [0, 0.1) is 0 Å². The summed E-state index contributed by atoms with van der Waals surface area (Å²) >= 11 is 0. The van der Waals surface area contributed by atoms with Crippen LogP contribution in [0.4, 0.5) is 0 Å². The van der Waals surface area contributed by atoms with Gasteiger partial charge in [0.25, 0.3) is 0 Å². The maximum absolute atomic E-state index is 12.1. The summed E-state index contributed by atoms with van der Waals surface area (Å²) in [5.74, 6) is 1.13. The molecule has 0 aliphatic carbocycles. The molecule has 1 fully saturated rings. The highest BCUT2D eigenvalue weighted by atomic mass is 16.1. The molecule has 2 heterocycles. The number of nitrogens with zero attached hydrogens (tertiary/aromatic N) is 4. The molecule has 2 rings (SSSR count). The molecule has 0 aromatic carbocycles. The van der Waals surface area contributed by atoms with E-state index in [0.717, 1.165) is 25.5 Å². The summed E-state index contributed by atoms with van der Waals surface area (Å²) in [5.41, 5.74) is 0. The van der Waals surface area contributed by atoms with Crippen molar-refractivity contribution in [3.05, 3.63) is 18.2 Å². The highest BCUT2D eigenvalue weighted by Crippen LogP contribution is 2.11. The Morgan fingerprint density at radius 2 is 2.17 bits per heavy atom. The Hall–Kier alpha value is -1.20. The fourth-order valence-electron chi connectivity index (χ4n) is 2.40. The first-order valence-electron chi connectivity index (χ1n) is 6.43. The predicted molar refractivity (Wildman–Crippen MR) is 70.5 cm³/mol. The first-order valence-corrected chi connectivity index (χ1v) is 6.43. The fourth-order valence-corrected chi connectivity index (χ4v) is 2.40. The smallest absolute Gasteiger partial charge is 0.142 e. The number of hydrogen-bond donors (Lipinski definition) is 0. The average molecular weight is 250 g/mol. The van der Waals surface area contributed by atoms with E-state index < -0.39 is 0 Å². The van der Waals surface area contributed by atoms with E-state index in [1.54, 1.807) is 6.20 Å². The number of carbonyl (C=O) groups excluding carboxylic acids is 1. The van der Waals surface area contributed by atoms with Crippen LogP contribution in [0.15, 0.2) is 12.4 Å². The van der Waals surface area contributed by atoms with Gasteiger partial charge in [0.05, 0.1) is 6.42 Å². The lowest BCUT2D eigenvalue weighted by Gasteiger charge is -2.37. The molecule has 0 amide bonds. The minimum absolute atomic E-state index is 0.274. The summed E-state index contributed by atoms with van der Waals surface area (Å²) in [6, 6.07) is 0.344. The Morgan fingerprint density at radius 1 is 1.39 bits per heavy atom. The summed E-state index contributed by atoms with van der Waals surface area (Å²) in [7, 11) is 6.14. The Balaban J connectivity index is 1.89. The van der Waals surface area contributed by atoms with E-state index in [1.807, 2.05) is 17.8 Å². The second kappa shape index (κ2) is 5.63. The largest absolute Gasteiger partial charge is 0.338 e. The third kappa shape index (κ3) is 3.17. The highest BCUT2D eigenvalue weighted by Gasteiger charge is 2.24. The number of carbonyl (C=O) groups is 1. The normalized spacial score (nSPS) is 22.3. The molecule has 1 saturated heterocycles. The van der Waals surface area contributed by atoms with E-state index >= 15 is 0 Å². The number of aryl methyl sites for hydroxylation is 1. The van der Waals surface area contributed by atoms with Gasteiger partial charge >= 0.3 is 0 Å². The molecule has 100 valence electrons. The van der Waals surface area contributed by atoms with Gasteiger partial charge < -0.3 is 14.4 Å². The standard InChI is InChI=1S/C13H22N4O/c1-15-6-7-16(2)11(10-15)8-12(18)9-13-14-4-5-17(13)3/h4-5,11H,6-10H2,1-3H3.